The molecule has 7 N–H and O–H groups in total. The minimum absolute atomic E-state index is 0.128. The summed E-state index contributed by atoms with van der Waals surface area (Å²) in [6, 6.07) is 25.5. The zero-order chi connectivity index (χ0) is 52.7. The number of pyridine rings is 1. The number of H-pyrrole nitrogens is 1. The Labute approximate surface area is 438 Å². The van der Waals surface area contributed by atoms with Crippen LogP contribution in [0.25, 0.3) is 11.4 Å². The quantitative estimate of drug-likeness (QED) is 0.0172. The highest BCUT2D eigenvalue weighted by Crippen LogP contribution is 2.36. The Morgan fingerprint density at radius 2 is 1.48 bits per heavy atom. The fraction of sp³-hybridized carbons (Fsp3) is 0.464. The van der Waals surface area contributed by atoms with Crippen molar-refractivity contribution < 1.29 is 42.9 Å². The lowest BCUT2D eigenvalue weighted by Crippen LogP contribution is -2.52. The Balaban J connectivity index is 0.00000267. The molecule has 0 aliphatic carbocycles. The normalized spacial score (nSPS) is 16.3. The van der Waals surface area contributed by atoms with Crippen molar-refractivity contribution in [3.8, 4) is 17.1 Å². The van der Waals surface area contributed by atoms with E-state index in [0.717, 1.165) is 87.3 Å². The summed E-state index contributed by atoms with van der Waals surface area (Å²) in [5.41, 5.74) is 9.96. The molecule has 3 aliphatic heterocycles. The summed E-state index contributed by atoms with van der Waals surface area (Å²) < 4.78 is 23.3. The fourth-order valence-corrected chi connectivity index (χ4v) is 9.58. The van der Waals surface area contributed by atoms with Crippen molar-refractivity contribution >= 4 is 41.4 Å². The van der Waals surface area contributed by atoms with Crippen LogP contribution in [0.4, 0.5) is 11.4 Å². The first-order chi connectivity index (χ1) is 36.7. The molecule has 19 nitrogen and oxygen atoms in total. The number of anilines is 2. The number of rotatable bonds is 28. The molecule has 0 spiro atoms. The minimum Gasteiger partial charge on any atom is -0.494 e. The first kappa shape index (κ1) is 55.7. The molecule has 2 atom stereocenters. The summed E-state index contributed by atoms with van der Waals surface area (Å²) in [4.78, 5) is 69.0. The average molecular weight is 1030 g/mol. The molecule has 2 unspecified atom stereocenters. The van der Waals surface area contributed by atoms with Gasteiger partial charge in [0, 0.05) is 79.0 Å². The lowest BCUT2D eigenvalue weighted by atomic mass is 9.86. The number of carbonyl (C=O) groups is 5. The monoisotopic (exact) mass is 1030 g/mol. The Bertz CT molecular complexity index is 2630. The van der Waals surface area contributed by atoms with Gasteiger partial charge in [0.15, 0.2) is 11.6 Å². The number of amides is 5. The van der Waals surface area contributed by atoms with Crippen molar-refractivity contribution in [2.24, 2.45) is 5.73 Å². The van der Waals surface area contributed by atoms with Gasteiger partial charge in [0.05, 0.1) is 38.6 Å². The molecule has 2 fully saturated rings. The van der Waals surface area contributed by atoms with Gasteiger partial charge in [-0.1, -0.05) is 50.1 Å². The van der Waals surface area contributed by atoms with Gasteiger partial charge in [0.2, 0.25) is 24.1 Å². The average Bonchev–Trinajstić information content (AvgIpc) is 4.06. The zero-order valence-corrected chi connectivity index (χ0v) is 43.0. The molecule has 0 bridgehead atoms. The van der Waals surface area contributed by atoms with E-state index >= 15 is 0 Å². The lowest BCUT2D eigenvalue weighted by Gasteiger charge is -2.37. The maximum atomic E-state index is 13.1. The number of hydrogen-bond acceptors (Lipinski definition) is 14. The number of aromatic amines is 1. The van der Waals surface area contributed by atoms with E-state index in [9.17, 15) is 19.2 Å². The van der Waals surface area contributed by atoms with Crippen LogP contribution in [0.15, 0.2) is 91.3 Å². The Morgan fingerprint density at radius 3 is 2.20 bits per heavy atom. The predicted molar refractivity (Wildman–Crippen MR) is 284 cm³/mol. The van der Waals surface area contributed by atoms with Gasteiger partial charge in [-0.15, -0.1) is 0 Å². The summed E-state index contributed by atoms with van der Waals surface area (Å²) in [6.45, 7) is 8.28. The van der Waals surface area contributed by atoms with E-state index in [2.05, 4.69) is 91.6 Å². The summed E-state index contributed by atoms with van der Waals surface area (Å²) in [5.74, 6) is 1.40. The second-order valence-corrected chi connectivity index (χ2v) is 18.9. The van der Waals surface area contributed by atoms with E-state index in [1.807, 2.05) is 18.2 Å². The molecule has 8 rings (SSSR count). The molecule has 2 saturated heterocycles. The Hall–Kier alpha value is -7.06. The molecule has 0 saturated carbocycles. The smallest absolute Gasteiger partial charge is 0.255 e. The topological polar surface area (TPSA) is 254 Å². The maximum Gasteiger partial charge on any atom is 0.255 e. The number of piperidine rings is 2. The largest absolute Gasteiger partial charge is 0.494 e. The highest BCUT2D eigenvalue weighted by molar-refractivity contribution is 6.06. The molecule has 2 aromatic heterocycles. The number of nitrogens with zero attached hydrogens (tertiary/aromatic N) is 4. The second-order valence-electron chi connectivity index (χ2n) is 18.9. The van der Waals surface area contributed by atoms with Crippen LogP contribution in [0.2, 0.25) is 0 Å². The van der Waals surface area contributed by atoms with Crippen molar-refractivity contribution in [1.82, 2.24) is 35.7 Å². The number of hydrogen-bond donors (Lipinski definition) is 6. The number of nitrogens with two attached hydrogens (primary N) is 1. The SMILES string of the molecule is CC(c1cccc(NC2(c3nc(-c4ccncc4)n[nH]3)CCNCC2)c1)c1cccc(OCCCCCCOCCOCCOCCCCCC(=O)Nc2cccc3c2CN(C2CCC(=O)NC2=O)C3=O)c1.NC=O. The van der Waals surface area contributed by atoms with Crippen molar-refractivity contribution in [3.05, 3.63) is 119 Å². The predicted octanol–water partition coefficient (Wildman–Crippen LogP) is 6.76. The molecule has 400 valence electrons. The maximum absolute atomic E-state index is 13.1. The van der Waals surface area contributed by atoms with Crippen LogP contribution < -0.4 is 31.7 Å². The van der Waals surface area contributed by atoms with Crippen LogP contribution >= 0.6 is 0 Å². The zero-order valence-electron chi connectivity index (χ0n) is 43.0. The third kappa shape index (κ3) is 16.2. The molecule has 19 heteroatoms. The van der Waals surface area contributed by atoms with Crippen LogP contribution in [0, 0.1) is 0 Å². The van der Waals surface area contributed by atoms with E-state index in [1.165, 1.54) is 16.0 Å². The number of ether oxygens (including phenoxy) is 4. The molecule has 75 heavy (non-hydrogen) atoms. The Kier molecular flexibility index (Phi) is 21.6. The van der Waals surface area contributed by atoms with E-state index in [1.54, 1.807) is 30.6 Å². The highest BCUT2D eigenvalue weighted by Gasteiger charge is 2.40. The summed E-state index contributed by atoms with van der Waals surface area (Å²) >= 11 is 0. The van der Waals surface area contributed by atoms with Crippen LogP contribution in [0.5, 0.6) is 5.75 Å². The van der Waals surface area contributed by atoms with Crippen LogP contribution in [0.3, 0.4) is 0 Å². The molecule has 3 aromatic carbocycles. The van der Waals surface area contributed by atoms with E-state index < -0.39 is 11.9 Å². The fourth-order valence-electron chi connectivity index (χ4n) is 9.58. The number of nitrogens with one attached hydrogen (secondary N) is 5. The number of unbranched alkanes of at least 4 members (excludes halogenated alkanes) is 5. The minimum atomic E-state index is -0.701. The van der Waals surface area contributed by atoms with Gasteiger partial charge in [-0.05, 0) is 124 Å². The van der Waals surface area contributed by atoms with E-state index in [-0.39, 0.29) is 55.0 Å². The van der Waals surface area contributed by atoms with Crippen molar-refractivity contribution in [1.29, 1.82) is 0 Å². The highest BCUT2D eigenvalue weighted by atomic mass is 16.5. The number of carbonyl (C=O) groups excluding carboxylic acids is 5. The van der Waals surface area contributed by atoms with Gasteiger partial charge < -0.3 is 45.5 Å². The van der Waals surface area contributed by atoms with Crippen LogP contribution in [-0.4, -0.2) is 120 Å². The second kappa shape index (κ2) is 29.1. The van der Waals surface area contributed by atoms with Gasteiger partial charge in [-0.3, -0.25) is 39.4 Å². The van der Waals surface area contributed by atoms with Gasteiger partial charge in [-0.25, -0.2) is 4.98 Å². The molecule has 5 heterocycles. The molecular formula is C56H72N10O9. The first-order valence-corrected chi connectivity index (χ1v) is 26.3. The number of primary amides is 1. The number of benzene rings is 3. The third-order valence-electron chi connectivity index (χ3n) is 13.7. The van der Waals surface area contributed by atoms with E-state index in [4.69, 9.17) is 28.7 Å². The van der Waals surface area contributed by atoms with Crippen LogP contribution in [-0.2, 0) is 45.5 Å². The summed E-state index contributed by atoms with van der Waals surface area (Å²) in [6.07, 6.45) is 12.9. The molecule has 5 amide bonds. The van der Waals surface area contributed by atoms with E-state index in [0.29, 0.717) is 81.7 Å². The number of imide groups is 1. The van der Waals surface area contributed by atoms with Crippen LogP contribution in [0.1, 0.15) is 123 Å². The summed E-state index contributed by atoms with van der Waals surface area (Å²) in [7, 11) is 0. The molecule has 3 aliphatic rings. The van der Waals surface area contributed by atoms with Crippen molar-refractivity contribution in [2.75, 3.05) is 70.0 Å². The Morgan fingerprint density at radius 1 is 0.827 bits per heavy atom. The summed E-state index contributed by atoms with van der Waals surface area (Å²) in [5, 5.41) is 20.5. The number of aromatic nitrogens is 4. The van der Waals surface area contributed by atoms with Gasteiger partial charge in [-0.2, -0.15) is 5.10 Å². The van der Waals surface area contributed by atoms with Gasteiger partial charge in [0.25, 0.3) is 5.91 Å². The first-order valence-electron chi connectivity index (χ1n) is 26.3. The van der Waals surface area contributed by atoms with Crippen molar-refractivity contribution in [2.45, 2.75) is 108 Å². The van der Waals surface area contributed by atoms with Crippen molar-refractivity contribution in [3.63, 3.8) is 0 Å². The van der Waals surface area contributed by atoms with Gasteiger partial charge in [0.1, 0.15) is 11.8 Å². The molecular weight excluding hydrogens is 957 g/mol. The third-order valence-corrected chi connectivity index (χ3v) is 13.7. The number of fused-ring (bicyclic) bond motifs is 1. The standard InChI is InChI=1S/C55H69N9O8.CH3NO/c1-39(41-12-9-14-43(36-41)61-55(23-27-57-28-24-55)54-60-51(62-63-54)40-21-25-56-26-22-40)42-13-10-15-44(37-42)72-31-8-3-2-6-29-69-32-34-71-35-33-70-30-7-4-5-18-49(65)58-47-17-11-16-45-46(47)38-64(53(45)68)48-19-20-50(66)59-52(48)67;2-1-3/h9-17,21-22,25-26,36-37,39,48,57,61H,2-8,18-20,23-24,27-35,38H2,1H3,(H,58,65)(H,59,66,67)(H,60,62,63);1H,(H2,2,3). The lowest BCUT2D eigenvalue weighted by molar-refractivity contribution is -0.137. The molecule has 5 aromatic rings. The van der Waals surface area contributed by atoms with Gasteiger partial charge >= 0.3 is 0 Å². The molecule has 0 radical (unpaired) electrons.